The standard InChI is InChI=1S/C18H18N2O7S2/c1-19-15-9-6-13(17(21)27-2)10-16(15)29(25,26)20(18(19)22)11-12-4-7-14(8-5-12)28(3,23)24/h4-10H,11H2,1-3H3. The van der Waals surface area contributed by atoms with Crippen LogP contribution in [0.15, 0.2) is 52.3 Å². The molecule has 2 aromatic carbocycles. The number of methoxy groups -OCH3 is 1. The minimum absolute atomic E-state index is 0.0371. The van der Waals surface area contributed by atoms with Crippen molar-refractivity contribution in [2.75, 3.05) is 25.3 Å². The van der Waals surface area contributed by atoms with Crippen molar-refractivity contribution >= 4 is 37.5 Å². The van der Waals surface area contributed by atoms with Crippen LogP contribution in [0.3, 0.4) is 0 Å². The highest BCUT2D eigenvalue weighted by Gasteiger charge is 2.40. The first-order valence-electron chi connectivity index (χ1n) is 8.28. The minimum Gasteiger partial charge on any atom is -0.465 e. The number of benzene rings is 2. The zero-order valence-corrected chi connectivity index (χ0v) is 17.5. The van der Waals surface area contributed by atoms with Crippen molar-refractivity contribution in [2.45, 2.75) is 16.3 Å². The lowest BCUT2D eigenvalue weighted by atomic mass is 10.2. The lowest BCUT2D eigenvalue weighted by molar-refractivity contribution is 0.0600. The molecular formula is C18H18N2O7S2. The zero-order valence-electron chi connectivity index (χ0n) is 15.8. The zero-order chi connectivity index (χ0) is 21.6. The van der Waals surface area contributed by atoms with Crippen LogP contribution in [0.4, 0.5) is 10.5 Å². The molecular weight excluding hydrogens is 420 g/mol. The van der Waals surface area contributed by atoms with Crippen LogP contribution in [-0.2, 0) is 31.1 Å². The fraction of sp³-hybridized carbons (Fsp3) is 0.222. The summed E-state index contributed by atoms with van der Waals surface area (Å²) in [4.78, 5) is 25.5. The predicted molar refractivity (Wildman–Crippen MR) is 104 cm³/mol. The fourth-order valence-electron chi connectivity index (χ4n) is 2.90. The highest BCUT2D eigenvalue weighted by Crippen LogP contribution is 2.35. The van der Waals surface area contributed by atoms with Crippen LogP contribution in [0.1, 0.15) is 15.9 Å². The van der Waals surface area contributed by atoms with Gasteiger partial charge in [-0.25, -0.2) is 30.7 Å². The van der Waals surface area contributed by atoms with Crippen molar-refractivity contribution in [3.8, 4) is 0 Å². The van der Waals surface area contributed by atoms with E-state index in [1.807, 2.05) is 0 Å². The molecule has 0 spiro atoms. The summed E-state index contributed by atoms with van der Waals surface area (Å²) in [6, 6.07) is 8.73. The molecule has 29 heavy (non-hydrogen) atoms. The molecule has 3 rings (SSSR count). The number of anilines is 1. The maximum Gasteiger partial charge on any atom is 0.338 e. The average molecular weight is 438 g/mol. The number of amides is 2. The quantitative estimate of drug-likeness (QED) is 0.666. The molecule has 154 valence electrons. The molecule has 9 nitrogen and oxygen atoms in total. The summed E-state index contributed by atoms with van der Waals surface area (Å²) in [7, 11) is -5.05. The summed E-state index contributed by atoms with van der Waals surface area (Å²) in [6.45, 7) is -0.294. The van der Waals surface area contributed by atoms with Gasteiger partial charge < -0.3 is 4.74 Å². The second-order valence-electron chi connectivity index (χ2n) is 6.44. The third-order valence-electron chi connectivity index (χ3n) is 4.49. The Morgan fingerprint density at radius 2 is 1.72 bits per heavy atom. The number of carbonyl (C=O) groups is 2. The van der Waals surface area contributed by atoms with Gasteiger partial charge in [0.1, 0.15) is 4.90 Å². The Kier molecular flexibility index (Phi) is 5.13. The van der Waals surface area contributed by atoms with Gasteiger partial charge >= 0.3 is 12.0 Å². The second-order valence-corrected chi connectivity index (χ2v) is 10.3. The first kappa shape index (κ1) is 20.8. The highest BCUT2D eigenvalue weighted by atomic mass is 32.2. The van der Waals surface area contributed by atoms with E-state index in [2.05, 4.69) is 4.74 Å². The van der Waals surface area contributed by atoms with Gasteiger partial charge in [0.15, 0.2) is 9.84 Å². The molecule has 0 aromatic heterocycles. The molecule has 0 saturated heterocycles. The Hall–Kier alpha value is -2.92. The number of carbonyl (C=O) groups excluding carboxylic acids is 2. The molecule has 0 N–H and O–H groups in total. The van der Waals surface area contributed by atoms with Crippen molar-refractivity contribution in [3.05, 3.63) is 53.6 Å². The lowest BCUT2D eigenvalue weighted by Crippen LogP contribution is -2.48. The number of urea groups is 1. The van der Waals surface area contributed by atoms with Gasteiger partial charge in [-0.3, -0.25) is 4.90 Å². The molecule has 0 atom stereocenters. The number of esters is 1. The maximum atomic E-state index is 13.1. The summed E-state index contributed by atoms with van der Waals surface area (Å²) in [5, 5.41) is 0. The van der Waals surface area contributed by atoms with E-state index in [9.17, 15) is 26.4 Å². The summed E-state index contributed by atoms with van der Waals surface area (Å²) in [5.41, 5.74) is 0.608. The summed E-state index contributed by atoms with van der Waals surface area (Å²) >= 11 is 0. The Morgan fingerprint density at radius 3 is 2.28 bits per heavy atom. The molecule has 0 aliphatic carbocycles. The lowest BCUT2D eigenvalue weighted by Gasteiger charge is -2.34. The largest absolute Gasteiger partial charge is 0.465 e. The molecule has 0 unspecified atom stereocenters. The van der Waals surface area contributed by atoms with Crippen LogP contribution < -0.4 is 4.90 Å². The number of hydrogen-bond donors (Lipinski definition) is 0. The summed E-state index contributed by atoms with van der Waals surface area (Å²) in [6.07, 6.45) is 1.06. The Morgan fingerprint density at radius 1 is 1.10 bits per heavy atom. The number of sulfonamides is 1. The van der Waals surface area contributed by atoms with Gasteiger partial charge in [0.25, 0.3) is 10.0 Å². The Labute approximate surface area is 168 Å². The van der Waals surface area contributed by atoms with Crippen LogP contribution in [-0.4, -0.2) is 53.6 Å². The van der Waals surface area contributed by atoms with Crippen LogP contribution in [0.5, 0.6) is 0 Å². The highest BCUT2D eigenvalue weighted by molar-refractivity contribution is 7.90. The fourth-order valence-corrected chi connectivity index (χ4v) is 5.16. The van der Waals surface area contributed by atoms with E-state index in [1.165, 1.54) is 61.5 Å². The Bertz CT molecular complexity index is 1200. The molecule has 2 aromatic rings. The SMILES string of the molecule is COC(=O)c1ccc2c(c1)S(=O)(=O)N(Cc1ccc(S(C)(=O)=O)cc1)C(=O)N2C. The van der Waals surface area contributed by atoms with Gasteiger partial charge in [-0.05, 0) is 35.9 Å². The predicted octanol–water partition coefficient (Wildman–Crippen LogP) is 1.64. The third-order valence-corrected chi connectivity index (χ3v) is 7.37. The molecule has 11 heteroatoms. The molecule has 0 saturated carbocycles. The molecule has 1 aliphatic rings. The van der Waals surface area contributed by atoms with Gasteiger partial charge in [0.05, 0.1) is 29.8 Å². The van der Waals surface area contributed by atoms with E-state index in [-0.39, 0.29) is 27.6 Å². The number of nitrogens with zero attached hydrogens (tertiary/aromatic N) is 2. The van der Waals surface area contributed by atoms with E-state index in [1.54, 1.807) is 0 Å². The van der Waals surface area contributed by atoms with E-state index in [4.69, 9.17) is 0 Å². The number of ether oxygens (including phenoxy) is 1. The van der Waals surface area contributed by atoms with E-state index >= 15 is 0 Å². The smallest absolute Gasteiger partial charge is 0.338 e. The Balaban J connectivity index is 2.03. The van der Waals surface area contributed by atoms with Crippen molar-refractivity contribution in [3.63, 3.8) is 0 Å². The number of hydrogen-bond acceptors (Lipinski definition) is 7. The van der Waals surface area contributed by atoms with Gasteiger partial charge in [-0.1, -0.05) is 12.1 Å². The molecule has 2 amide bonds. The van der Waals surface area contributed by atoms with Crippen molar-refractivity contribution < 1.29 is 31.2 Å². The maximum absolute atomic E-state index is 13.1. The first-order chi connectivity index (χ1) is 13.5. The van der Waals surface area contributed by atoms with Gasteiger partial charge in [-0.15, -0.1) is 0 Å². The number of rotatable bonds is 4. The van der Waals surface area contributed by atoms with Crippen LogP contribution in [0.2, 0.25) is 0 Å². The number of fused-ring (bicyclic) bond motifs is 1. The van der Waals surface area contributed by atoms with Crippen LogP contribution >= 0.6 is 0 Å². The molecule has 1 heterocycles. The van der Waals surface area contributed by atoms with Crippen LogP contribution in [0.25, 0.3) is 0 Å². The second kappa shape index (κ2) is 7.16. The van der Waals surface area contributed by atoms with E-state index < -0.39 is 31.9 Å². The molecule has 0 radical (unpaired) electrons. The number of sulfone groups is 1. The summed E-state index contributed by atoms with van der Waals surface area (Å²) < 4.78 is 54.6. The van der Waals surface area contributed by atoms with Crippen LogP contribution in [0, 0.1) is 0 Å². The monoisotopic (exact) mass is 438 g/mol. The normalized spacial score (nSPS) is 15.8. The van der Waals surface area contributed by atoms with Gasteiger partial charge in [-0.2, -0.15) is 0 Å². The van der Waals surface area contributed by atoms with Crippen molar-refractivity contribution in [1.82, 2.24) is 4.31 Å². The van der Waals surface area contributed by atoms with E-state index in [0.717, 1.165) is 6.26 Å². The summed E-state index contributed by atoms with van der Waals surface area (Å²) in [5.74, 6) is -0.703. The third kappa shape index (κ3) is 3.70. The average Bonchev–Trinajstić information content (AvgIpc) is 2.68. The van der Waals surface area contributed by atoms with Crippen molar-refractivity contribution in [1.29, 1.82) is 0 Å². The molecule has 1 aliphatic heterocycles. The minimum atomic E-state index is -4.25. The van der Waals surface area contributed by atoms with Gasteiger partial charge in [0, 0.05) is 13.3 Å². The van der Waals surface area contributed by atoms with Gasteiger partial charge in [0.2, 0.25) is 0 Å². The topological polar surface area (TPSA) is 118 Å². The first-order valence-corrected chi connectivity index (χ1v) is 11.6. The van der Waals surface area contributed by atoms with E-state index in [0.29, 0.717) is 9.87 Å². The molecule has 0 fully saturated rings. The van der Waals surface area contributed by atoms with Crippen molar-refractivity contribution in [2.24, 2.45) is 0 Å². The molecule has 0 bridgehead atoms.